The van der Waals surface area contributed by atoms with Gasteiger partial charge in [0.2, 0.25) is 0 Å². The topological polar surface area (TPSA) is 29.5 Å². The summed E-state index contributed by atoms with van der Waals surface area (Å²) in [5, 5.41) is 10.7. The minimum atomic E-state index is -1.45. The first kappa shape index (κ1) is 13.9. The fourth-order valence-corrected chi connectivity index (χ4v) is 4.04. The van der Waals surface area contributed by atoms with Gasteiger partial charge in [-0.15, -0.1) is 0 Å². The van der Waals surface area contributed by atoms with Crippen LogP contribution in [0.2, 0.25) is 0 Å². The number of benzene rings is 1. The molecular weight excluding hydrogens is 284 g/mol. The molecule has 0 fully saturated rings. The first-order chi connectivity index (χ1) is 11.7. The van der Waals surface area contributed by atoms with Gasteiger partial charge in [0.05, 0.1) is 0 Å². The molecule has 0 saturated carbocycles. The Morgan fingerprint density at radius 2 is 2.13 bits per heavy atom. The number of aryl methyl sites for hydroxylation is 1. The number of unbranched alkanes of at least 4 members (excludes halogenated alkanes) is 1. The van der Waals surface area contributed by atoms with E-state index in [4.69, 9.17) is 7.48 Å². The number of ether oxygens (including phenoxy) is 1. The molecule has 1 aromatic carbocycles. The van der Waals surface area contributed by atoms with E-state index in [0.29, 0.717) is 23.7 Å². The van der Waals surface area contributed by atoms with Crippen molar-refractivity contribution >= 4 is 0 Å². The molecule has 1 aliphatic heterocycles. The second-order valence-corrected chi connectivity index (χ2v) is 7.58. The van der Waals surface area contributed by atoms with E-state index in [1.165, 1.54) is 5.57 Å². The Morgan fingerprint density at radius 1 is 1.35 bits per heavy atom. The van der Waals surface area contributed by atoms with Crippen LogP contribution in [0.25, 0.3) is 0 Å². The average molecular weight is 316 g/mol. The maximum atomic E-state index is 10.7. The molecule has 1 heterocycles. The van der Waals surface area contributed by atoms with Crippen molar-refractivity contribution < 1.29 is 12.6 Å². The third kappa shape index (κ3) is 3.13. The van der Waals surface area contributed by atoms with E-state index in [-0.39, 0.29) is 17.3 Å². The highest BCUT2D eigenvalue weighted by molar-refractivity contribution is 5.53. The van der Waals surface area contributed by atoms with E-state index in [0.717, 1.165) is 31.2 Å². The maximum Gasteiger partial charge on any atom is 0.127 e. The molecule has 2 aliphatic rings. The fraction of sp³-hybridized carbons (Fsp3) is 0.619. The predicted octanol–water partition coefficient (Wildman–Crippen LogP) is 5.74. The smallest absolute Gasteiger partial charge is 0.127 e. The normalized spacial score (nSPS) is 27.0. The molecule has 1 aromatic rings. The minimum Gasteiger partial charge on any atom is -0.507 e. The van der Waals surface area contributed by atoms with Crippen LogP contribution in [-0.2, 0) is 6.37 Å². The summed E-state index contributed by atoms with van der Waals surface area (Å²) in [6.07, 6.45) is 5.17. The molecule has 2 heteroatoms. The number of aromatic hydroxyl groups is 1. The van der Waals surface area contributed by atoms with Crippen LogP contribution in [-0.4, -0.2) is 10.7 Å². The highest BCUT2D eigenvalue weighted by Gasteiger charge is 2.45. The SMILES string of the molecule is [2H]C([2H])(CCCC)c1cc(O)c2c(c1)OC(C)(C)C1CCC(C)=CC21. The van der Waals surface area contributed by atoms with E-state index in [1.54, 1.807) is 6.07 Å². The molecule has 2 atom stereocenters. The third-order valence-electron chi connectivity index (χ3n) is 5.33. The first-order valence-electron chi connectivity index (χ1n) is 9.89. The molecule has 0 radical (unpaired) electrons. The van der Waals surface area contributed by atoms with Crippen molar-refractivity contribution in [2.75, 3.05) is 0 Å². The number of fused-ring (bicyclic) bond motifs is 3. The minimum absolute atomic E-state index is 0.142. The number of hydrogen-bond acceptors (Lipinski definition) is 2. The van der Waals surface area contributed by atoms with Crippen LogP contribution in [0.15, 0.2) is 23.8 Å². The van der Waals surface area contributed by atoms with E-state index >= 15 is 0 Å². The molecule has 0 bridgehead atoms. The molecule has 23 heavy (non-hydrogen) atoms. The van der Waals surface area contributed by atoms with Gasteiger partial charge in [-0.1, -0.05) is 31.4 Å². The molecule has 1 aliphatic carbocycles. The molecule has 2 nitrogen and oxygen atoms in total. The number of rotatable bonds is 4. The van der Waals surface area contributed by atoms with Crippen molar-refractivity contribution in [1.82, 2.24) is 0 Å². The Labute approximate surface area is 143 Å². The predicted molar refractivity (Wildman–Crippen MR) is 95.3 cm³/mol. The molecule has 2 unspecified atom stereocenters. The van der Waals surface area contributed by atoms with Gasteiger partial charge in [0, 0.05) is 20.1 Å². The lowest BCUT2D eigenvalue weighted by molar-refractivity contribution is 0.0107. The van der Waals surface area contributed by atoms with Gasteiger partial charge in [-0.2, -0.15) is 0 Å². The summed E-state index contributed by atoms with van der Waals surface area (Å²) in [5.74, 6) is 1.29. The van der Waals surface area contributed by atoms with Gasteiger partial charge in [-0.05, 0) is 64.1 Å². The zero-order chi connectivity index (χ0) is 18.4. The van der Waals surface area contributed by atoms with Crippen molar-refractivity contribution in [3.05, 3.63) is 34.9 Å². The third-order valence-corrected chi connectivity index (χ3v) is 5.33. The molecule has 0 aromatic heterocycles. The van der Waals surface area contributed by atoms with Gasteiger partial charge in [0.25, 0.3) is 0 Å². The zero-order valence-electron chi connectivity index (χ0n) is 16.8. The van der Waals surface area contributed by atoms with Crippen molar-refractivity contribution in [3.63, 3.8) is 0 Å². The Bertz CT molecular complexity index is 691. The van der Waals surface area contributed by atoms with Crippen LogP contribution in [0.1, 0.15) is 79.6 Å². The number of phenols is 1. The van der Waals surface area contributed by atoms with Crippen LogP contribution in [0.3, 0.4) is 0 Å². The molecule has 0 saturated heterocycles. The van der Waals surface area contributed by atoms with Crippen molar-refractivity contribution in [2.24, 2.45) is 5.92 Å². The van der Waals surface area contributed by atoms with Crippen molar-refractivity contribution in [2.45, 2.75) is 77.7 Å². The summed E-state index contributed by atoms with van der Waals surface area (Å²) in [5.41, 5.74) is 2.38. The van der Waals surface area contributed by atoms with Gasteiger partial charge in [-0.3, -0.25) is 0 Å². The van der Waals surface area contributed by atoms with Gasteiger partial charge in [0.15, 0.2) is 0 Å². The molecule has 0 spiro atoms. The maximum absolute atomic E-state index is 10.7. The van der Waals surface area contributed by atoms with Crippen LogP contribution in [0.4, 0.5) is 0 Å². The van der Waals surface area contributed by atoms with Crippen molar-refractivity contribution in [1.29, 1.82) is 0 Å². The summed E-state index contributed by atoms with van der Waals surface area (Å²) < 4.78 is 23.1. The monoisotopic (exact) mass is 316 g/mol. The number of hydrogen-bond donors (Lipinski definition) is 1. The lowest BCUT2D eigenvalue weighted by Gasteiger charge is -2.46. The van der Waals surface area contributed by atoms with E-state index < -0.39 is 6.37 Å². The Kier molecular flexibility index (Phi) is 3.77. The lowest BCUT2D eigenvalue weighted by Crippen LogP contribution is -2.45. The van der Waals surface area contributed by atoms with Crippen LogP contribution < -0.4 is 4.74 Å². The highest BCUT2D eigenvalue weighted by atomic mass is 16.5. The molecule has 3 rings (SSSR count). The largest absolute Gasteiger partial charge is 0.507 e. The first-order valence-corrected chi connectivity index (χ1v) is 8.89. The molecule has 0 amide bonds. The summed E-state index contributed by atoms with van der Waals surface area (Å²) >= 11 is 0. The fourth-order valence-electron chi connectivity index (χ4n) is 4.04. The van der Waals surface area contributed by atoms with Crippen molar-refractivity contribution in [3.8, 4) is 11.5 Å². The number of phenolic OH excluding ortho intramolecular Hbond substituents is 1. The van der Waals surface area contributed by atoms with Gasteiger partial charge in [-0.25, -0.2) is 0 Å². The zero-order valence-corrected chi connectivity index (χ0v) is 14.8. The molecular formula is C21H30O2. The summed E-state index contributed by atoms with van der Waals surface area (Å²) in [6, 6.07) is 3.44. The van der Waals surface area contributed by atoms with Crippen LogP contribution >= 0.6 is 0 Å². The second-order valence-electron chi connectivity index (χ2n) is 7.58. The summed E-state index contributed by atoms with van der Waals surface area (Å²) in [4.78, 5) is 0. The second kappa shape index (κ2) is 6.22. The lowest BCUT2D eigenvalue weighted by atomic mass is 9.68. The summed E-state index contributed by atoms with van der Waals surface area (Å²) in [6.45, 7) is 8.42. The molecule has 1 N–H and O–H groups in total. The standard InChI is InChI=1S/C21H30O2/c1-5-6-7-8-15-12-18(22)20-16-11-14(2)9-10-17(16)21(3,4)23-19(20)13-15/h11-13,16-17,22H,5-10H2,1-4H3/i8D2. The Balaban J connectivity index is 2.08. The summed E-state index contributed by atoms with van der Waals surface area (Å²) in [7, 11) is 0. The van der Waals surface area contributed by atoms with E-state index in [1.807, 2.05) is 6.07 Å². The van der Waals surface area contributed by atoms with Gasteiger partial charge in [0.1, 0.15) is 17.1 Å². The van der Waals surface area contributed by atoms with E-state index in [2.05, 4.69) is 33.8 Å². The number of allylic oxidation sites excluding steroid dienone is 2. The van der Waals surface area contributed by atoms with Gasteiger partial charge >= 0.3 is 0 Å². The van der Waals surface area contributed by atoms with Gasteiger partial charge < -0.3 is 9.84 Å². The molecule has 126 valence electrons. The Hall–Kier alpha value is -1.44. The van der Waals surface area contributed by atoms with E-state index in [9.17, 15) is 5.11 Å². The quantitative estimate of drug-likeness (QED) is 0.718. The van der Waals surface area contributed by atoms with Crippen LogP contribution in [0, 0.1) is 5.92 Å². The average Bonchev–Trinajstić information content (AvgIpc) is 2.51. The van der Waals surface area contributed by atoms with Crippen LogP contribution in [0.5, 0.6) is 11.5 Å². The Morgan fingerprint density at radius 3 is 2.87 bits per heavy atom. The highest BCUT2D eigenvalue weighted by Crippen LogP contribution is 2.53.